The van der Waals surface area contributed by atoms with Crippen LogP contribution in [0, 0.1) is 0 Å². The minimum Gasteiger partial charge on any atom is -0.298 e. The van der Waals surface area contributed by atoms with E-state index in [-0.39, 0.29) is 0 Å². The normalized spacial score (nSPS) is 15.4. The van der Waals surface area contributed by atoms with Gasteiger partial charge in [-0.1, -0.05) is 19.1 Å². The highest BCUT2D eigenvalue weighted by Gasteiger charge is 2.27. The molecule has 3 heterocycles. The number of hydrogen-bond acceptors (Lipinski definition) is 6. The van der Waals surface area contributed by atoms with E-state index in [9.17, 15) is 8.42 Å². The van der Waals surface area contributed by atoms with E-state index < -0.39 is 10.0 Å². The third-order valence-corrected chi connectivity index (χ3v) is 7.26. The topological polar surface area (TPSA) is 62.3 Å². The summed E-state index contributed by atoms with van der Waals surface area (Å²) in [5.74, 6) is 0. The number of fused-ring (bicyclic) bond motifs is 2. The number of thiophene rings is 1. The van der Waals surface area contributed by atoms with Crippen molar-refractivity contribution < 1.29 is 8.42 Å². The Kier molecular flexibility index (Phi) is 4.31. The van der Waals surface area contributed by atoms with Gasteiger partial charge in [0.1, 0.15) is 10.0 Å². The Labute approximate surface area is 155 Å². The first-order valence-electron chi connectivity index (χ1n) is 8.15. The molecule has 4 rings (SSSR count). The minimum absolute atomic E-state index is 0.699. The van der Waals surface area contributed by atoms with Gasteiger partial charge in [-0.05, 0) is 30.7 Å². The molecular weight excluding hydrogens is 374 g/mol. The monoisotopic (exact) mass is 393 g/mol. The summed E-state index contributed by atoms with van der Waals surface area (Å²) < 4.78 is 27.6. The summed E-state index contributed by atoms with van der Waals surface area (Å²) in [6, 6.07) is 8.03. The Bertz CT molecular complexity index is 1000. The number of sulfonamides is 1. The molecule has 1 aliphatic rings. The molecule has 0 atom stereocenters. The second kappa shape index (κ2) is 6.35. The van der Waals surface area contributed by atoms with Gasteiger partial charge in [0.25, 0.3) is 0 Å². The molecule has 0 fully saturated rings. The smallest absolute Gasteiger partial charge is 0.230 e. The summed E-state index contributed by atoms with van der Waals surface area (Å²) in [5.41, 5.74) is 3.18. The minimum atomic E-state index is -3.33. The van der Waals surface area contributed by atoms with Crippen LogP contribution >= 0.6 is 22.7 Å². The SMILES string of the molecule is CCN1CCc2c(sc(NS(C)(=O)=O)c2-c2nc3ccccc3s2)C1. The van der Waals surface area contributed by atoms with Gasteiger partial charge in [-0.15, -0.1) is 22.7 Å². The lowest BCUT2D eigenvalue weighted by Gasteiger charge is -2.25. The van der Waals surface area contributed by atoms with Crippen molar-refractivity contribution in [1.29, 1.82) is 0 Å². The summed E-state index contributed by atoms with van der Waals surface area (Å²) >= 11 is 3.17. The lowest BCUT2D eigenvalue weighted by molar-refractivity contribution is 0.272. The second-order valence-electron chi connectivity index (χ2n) is 6.19. The molecular formula is C17H19N3O2S3. The number of para-hydroxylation sites is 1. The van der Waals surface area contributed by atoms with E-state index in [1.54, 1.807) is 22.7 Å². The maximum absolute atomic E-state index is 11.9. The molecule has 8 heteroatoms. The molecule has 0 amide bonds. The molecule has 1 N–H and O–H groups in total. The van der Waals surface area contributed by atoms with E-state index in [0.29, 0.717) is 5.00 Å². The van der Waals surface area contributed by atoms with Gasteiger partial charge in [-0.25, -0.2) is 13.4 Å². The summed E-state index contributed by atoms with van der Waals surface area (Å²) in [5, 5.41) is 1.60. The number of thiazole rings is 1. The van der Waals surface area contributed by atoms with E-state index in [0.717, 1.165) is 46.8 Å². The fourth-order valence-electron chi connectivity index (χ4n) is 3.17. The molecule has 0 bridgehead atoms. The number of anilines is 1. The van der Waals surface area contributed by atoms with Crippen LogP contribution in [0.15, 0.2) is 24.3 Å². The lowest BCUT2D eigenvalue weighted by atomic mass is 10.0. The van der Waals surface area contributed by atoms with Crippen molar-refractivity contribution in [3.8, 4) is 10.6 Å². The van der Waals surface area contributed by atoms with Crippen LogP contribution in [0.2, 0.25) is 0 Å². The van der Waals surface area contributed by atoms with Crippen molar-refractivity contribution in [2.75, 3.05) is 24.1 Å². The molecule has 25 heavy (non-hydrogen) atoms. The Balaban J connectivity index is 1.88. The van der Waals surface area contributed by atoms with Crippen LogP contribution in [-0.2, 0) is 23.0 Å². The van der Waals surface area contributed by atoms with Crippen molar-refractivity contribution in [2.45, 2.75) is 19.9 Å². The Morgan fingerprint density at radius 2 is 2.08 bits per heavy atom. The summed E-state index contributed by atoms with van der Waals surface area (Å²) in [4.78, 5) is 8.39. The third kappa shape index (κ3) is 3.31. The second-order valence-corrected chi connectivity index (χ2v) is 10.1. The van der Waals surface area contributed by atoms with Gasteiger partial charge in [0.05, 0.1) is 16.5 Å². The summed E-state index contributed by atoms with van der Waals surface area (Å²) in [6.45, 7) is 5.03. The number of benzene rings is 1. The molecule has 3 aromatic rings. The Hall–Kier alpha value is -1.48. The first-order valence-corrected chi connectivity index (χ1v) is 11.7. The van der Waals surface area contributed by atoms with E-state index in [1.807, 2.05) is 18.2 Å². The van der Waals surface area contributed by atoms with E-state index in [4.69, 9.17) is 4.98 Å². The predicted octanol–water partition coefficient (Wildman–Crippen LogP) is 3.77. The third-order valence-electron chi connectivity index (χ3n) is 4.37. The molecule has 0 saturated heterocycles. The zero-order chi connectivity index (χ0) is 17.6. The summed E-state index contributed by atoms with van der Waals surface area (Å²) in [7, 11) is -3.33. The molecule has 5 nitrogen and oxygen atoms in total. The number of rotatable bonds is 4. The Morgan fingerprint density at radius 1 is 1.28 bits per heavy atom. The van der Waals surface area contributed by atoms with Crippen molar-refractivity contribution >= 4 is 47.9 Å². The van der Waals surface area contributed by atoms with Crippen LogP contribution in [0.5, 0.6) is 0 Å². The van der Waals surface area contributed by atoms with Crippen LogP contribution in [0.3, 0.4) is 0 Å². The largest absolute Gasteiger partial charge is 0.298 e. The highest BCUT2D eigenvalue weighted by atomic mass is 32.2. The molecule has 0 saturated carbocycles. The van der Waals surface area contributed by atoms with Gasteiger partial charge in [-0.2, -0.15) is 0 Å². The molecule has 0 spiro atoms. The molecule has 1 aliphatic heterocycles. The summed E-state index contributed by atoms with van der Waals surface area (Å²) in [6.07, 6.45) is 2.13. The fourth-order valence-corrected chi connectivity index (χ4v) is 6.48. The van der Waals surface area contributed by atoms with E-state index in [2.05, 4.69) is 22.6 Å². The van der Waals surface area contributed by atoms with E-state index >= 15 is 0 Å². The van der Waals surface area contributed by atoms with Crippen LogP contribution < -0.4 is 4.72 Å². The number of nitrogens with one attached hydrogen (secondary N) is 1. The first-order chi connectivity index (χ1) is 11.9. The van der Waals surface area contributed by atoms with Gasteiger partial charge in [0.2, 0.25) is 10.0 Å². The van der Waals surface area contributed by atoms with Gasteiger partial charge in [0, 0.05) is 23.5 Å². The van der Waals surface area contributed by atoms with Gasteiger partial charge < -0.3 is 0 Å². The van der Waals surface area contributed by atoms with Crippen LogP contribution in [0.25, 0.3) is 20.8 Å². The van der Waals surface area contributed by atoms with Gasteiger partial charge in [0.15, 0.2) is 0 Å². The first kappa shape index (κ1) is 17.0. The Morgan fingerprint density at radius 3 is 2.80 bits per heavy atom. The molecule has 0 unspecified atom stereocenters. The zero-order valence-electron chi connectivity index (χ0n) is 14.1. The highest BCUT2D eigenvalue weighted by molar-refractivity contribution is 7.92. The molecule has 0 radical (unpaired) electrons. The van der Waals surface area contributed by atoms with Gasteiger partial charge >= 0.3 is 0 Å². The van der Waals surface area contributed by atoms with Crippen molar-refractivity contribution in [1.82, 2.24) is 9.88 Å². The molecule has 2 aromatic heterocycles. The molecule has 1 aromatic carbocycles. The number of likely N-dealkylation sites (N-methyl/N-ethyl adjacent to an activating group) is 1. The average molecular weight is 394 g/mol. The molecule has 0 aliphatic carbocycles. The van der Waals surface area contributed by atoms with Crippen molar-refractivity contribution in [3.05, 3.63) is 34.7 Å². The van der Waals surface area contributed by atoms with Crippen molar-refractivity contribution in [3.63, 3.8) is 0 Å². The standard InChI is InChI=1S/C17H19N3O2S3/c1-3-20-9-8-11-14(10-20)24-17(19-25(2,21)22)15(11)16-18-12-6-4-5-7-13(12)23-16/h4-7,19H,3,8-10H2,1-2H3. The maximum atomic E-state index is 11.9. The van der Waals surface area contributed by atoms with Crippen LogP contribution in [0.1, 0.15) is 17.4 Å². The van der Waals surface area contributed by atoms with Crippen LogP contribution in [-0.4, -0.2) is 37.6 Å². The quantitative estimate of drug-likeness (QED) is 0.733. The zero-order valence-corrected chi connectivity index (χ0v) is 16.5. The predicted molar refractivity (Wildman–Crippen MR) is 106 cm³/mol. The fraction of sp³-hybridized carbons (Fsp3) is 0.353. The number of hydrogen-bond donors (Lipinski definition) is 1. The van der Waals surface area contributed by atoms with Crippen molar-refractivity contribution in [2.24, 2.45) is 0 Å². The number of nitrogens with zero attached hydrogens (tertiary/aromatic N) is 2. The van der Waals surface area contributed by atoms with Gasteiger partial charge in [-0.3, -0.25) is 9.62 Å². The average Bonchev–Trinajstić information content (AvgIpc) is 3.12. The lowest BCUT2D eigenvalue weighted by Crippen LogP contribution is -2.29. The molecule has 132 valence electrons. The number of aromatic nitrogens is 1. The van der Waals surface area contributed by atoms with Crippen LogP contribution in [0.4, 0.5) is 5.00 Å². The highest BCUT2D eigenvalue weighted by Crippen LogP contribution is 2.45. The maximum Gasteiger partial charge on any atom is 0.230 e. The van der Waals surface area contributed by atoms with E-state index in [1.165, 1.54) is 16.7 Å².